The first kappa shape index (κ1) is 17.2. The van der Waals surface area contributed by atoms with Crippen molar-refractivity contribution in [3.63, 3.8) is 0 Å². The Labute approximate surface area is 144 Å². The maximum Gasteiger partial charge on any atom is 0.241 e. The predicted octanol–water partition coefficient (Wildman–Crippen LogP) is 2.00. The summed E-state index contributed by atoms with van der Waals surface area (Å²) < 4.78 is 28.3. The fraction of sp³-hybridized carbons (Fsp3) is 0.647. The third kappa shape index (κ3) is 4.27. The quantitative estimate of drug-likeness (QED) is 0.866. The molecule has 1 saturated heterocycles. The predicted molar refractivity (Wildman–Crippen MR) is 92.4 cm³/mol. The van der Waals surface area contributed by atoms with Crippen molar-refractivity contribution >= 4 is 21.6 Å². The summed E-state index contributed by atoms with van der Waals surface area (Å²) in [5, 5.41) is 0.553. The molecule has 3 rings (SSSR count). The van der Waals surface area contributed by atoms with Crippen molar-refractivity contribution in [2.45, 2.75) is 61.9 Å². The van der Waals surface area contributed by atoms with E-state index in [9.17, 15) is 8.42 Å². The maximum absolute atomic E-state index is 12.7. The second kappa shape index (κ2) is 7.51. The minimum atomic E-state index is -3.47. The van der Waals surface area contributed by atoms with E-state index in [1.54, 1.807) is 29.2 Å². The molecule has 1 heterocycles. The molecule has 0 radical (unpaired) electrons. The summed E-state index contributed by atoms with van der Waals surface area (Å²) in [7, 11) is -3.47. The van der Waals surface area contributed by atoms with Gasteiger partial charge in [-0.1, -0.05) is 18.0 Å². The number of piperidine rings is 1. The van der Waals surface area contributed by atoms with E-state index in [0.717, 1.165) is 19.3 Å². The highest BCUT2D eigenvalue weighted by Gasteiger charge is 2.36. The first-order valence-corrected chi connectivity index (χ1v) is 10.5. The topological polar surface area (TPSA) is 50.6 Å². The number of hydrogen-bond donors (Lipinski definition) is 2. The van der Waals surface area contributed by atoms with Gasteiger partial charge in [-0.25, -0.2) is 13.1 Å². The van der Waals surface area contributed by atoms with Gasteiger partial charge in [-0.15, -0.1) is 0 Å². The minimum Gasteiger partial charge on any atom is -0.331 e. The van der Waals surface area contributed by atoms with Gasteiger partial charge in [-0.3, -0.25) is 0 Å². The minimum absolute atomic E-state index is 0.0533. The molecule has 2 aliphatic rings. The van der Waals surface area contributed by atoms with Crippen molar-refractivity contribution in [1.82, 2.24) is 4.72 Å². The molecule has 23 heavy (non-hydrogen) atoms. The van der Waals surface area contributed by atoms with E-state index in [-0.39, 0.29) is 6.04 Å². The number of sulfonamides is 1. The van der Waals surface area contributed by atoms with Gasteiger partial charge in [0, 0.05) is 11.4 Å². The molecule has 128 valence electrons. The summed E-state index contributed by atoms with van der Waals surface area (Å²) in [4.78, 5) is 1.90. The summed E-state index contributed by atoms with van der Waals surface area (Å²) >= 11 is 5.86. The molecule has 0 amide bonds. The Hall–Kier alpha value is -0.620. The third-order valence-electron chi connectivity index (χ3n) is 5.22. The van der Waals surface area contributed by atoms with Crippen LogP contribution in [0.1, 0.15) is 44.9 Å². The van der Waals surface area contributed by atoms with Crippen LogP contribution in [0, 0.1) is 0 Å². The molecule has 1 aliphatic carbocycles. The lowest BCUT2D eigenvalue weighted by atomic mass is 9.89. The molecule has 2 atom stereocenters. The Morgan fingerprint density at radius 2 is 1.61 bits per heavy atom. The first-order valence-electron chi connectivity index (χ1n) is 8.69. The van der Waals surface area contributed by atoms with E-state index in [1.165, 1.54) is 38.8 Å². The fourth-order valence-corrected chi connectivity index (χ4v) is 5.46. The molecule has 0 spiro atoms. The van der Waals surface area contributed by atoms with Crippen molar-refractivity contribution in [1.29, 1.82) is 0 Å². The molecule has 1 aromatic rings. The second-order valence-electron chi connectivity index (χ2n) is 6.79. The van der Waals surface area contributed by atoms with Gasteiger partial charge in [0.2, 0.25) is 10.0 Å². The van der Waals surface area contributed by atoms with Crippen LogP contribution in [0.2, 0.25) is 5.02 Å². The normalized spacial score (nSPS) is 27.0. The molecule has 2 fully saturated rings. The molecular weight excluding hydrogens is 332 g/mol. The lowest BCUT2D eigenvalue weighted by Crippen LogP contribution is -3.18. The van der Waals surface area contributed by atoms with Crippen molar-refractivity contribution in [3.05, 3.63) is 29.3 Å². The molecule has 1 aliphatic heterocycles. The zero-order valence-corrected chi connectivity index (χ0v) is 15.0. The van der Waals surface area contributed by atoms with Crippen LogP contribution in [0.5, 0.6) is 0 Å². The Morgan fingerprint density at radius 3 is 2.30 bits per heavy atom. The van der Waals surface area contributed by atoms with Crippen LogP contribution >= 0.6 is 11.6 Å². The molecule has 6 heteroatoms. The van der Waals surface area contributed by atoms with E-state index in [1.807, 2.05) is 0 Å². The Kier molecular flexibility index (Phi) is 5.62. The average Bonchev–Trinajstić information content (AvgIpc) is 2.56. The summed E-state index contributed by atoms with van der Waals surface area (Å²) in [5.74, 6) is 0. The monoisotopic (exact) mass is 357 g/mol. The number of hydrogen-bond acceptors (Lipinski definition) is 2. The number of benzene rings is 1. The van der Waals surface area contributed by atoms with Crippen LogP contribution < -0.4 is 9.62 Å². The standard InChI is InChI=1S/C17H25ClN2O2S/c18-14-8-10-15(11-9-14)23(21,22)19-16-6-2-3-7-17(16)20-12-4-1-5-13-20/h8-11,16-17,19H,1-7,12-13H2/p+1/t16-,17+/m1/s1. The summed E-state index contributed by atoms with van der Waals surface area (Å²) in [6, 6.07) is 6.89. The fourth-order valence-electron chi connectivity index (χ4n) is 4.02. The number of quaternary nitrogens is 1. The molecule has 4 nitrogen and oxygen atoms in total. The van der Waals surface area contributed by atoms with Gasteiger partial charge in [0.1, 0.15) is 6.04 Å². The number of likely N-dealkylation sites (tertiary alicyclic amines) is 1. The SMILES string of the molecule is O=S(=O)(N[C@@H]1CCCC[C@@H]1[NH+]1CCCCC1)c1ccc(Cl)cc1. The van der Waals surface area contributed by atoms with Gasteiger partial charge < -0.3 is 4.90 Å². The third-order valence-corrected chi connectivity index (χ3v) is 6.97. The molecule has 2 N–H and O–H groups in total. The average molecular weight is 358 g/mol. The van der Waals surface area contributed by atoms with Gasteiger partial charge in [0.25, 0.3) is 0 Å². The van der Waals surface area contributed by atoms with Crippen molar-refractivity contribution < 1.29 is 13.3 Å². The van der Waals surface area contributed by atoms with Crippen molar-refractivity contribution in [3.8, 4) is 0 Å². The van der Waals surface area contributed by atoms with E-state index >= 15 is 0 Å². The highest BCUT2D eigenvalue weighted by atomic mass is 35.5. The smallest absolute Gasteiger partial charge is 0.241 e. The van der Waals surface area contributed by atoms with Gasteiger partial charge in [-0.05, 0) is 56.4 Å². The van der Waals surface area contributed by atoms with E-state index in [2.05, 4.69) is 4.72 Å². The second-order valence-corrected chi connectivity index (χ2v) is 8.94. The van der Waals surface area contributed by atoms with Gasteiger partial charge in [0.15, 0.2) is 0 Å². The van der Waals surface area contributed by atoms with E-state index in [4.69, 9.17) is 11.6 Å². The van der Waals surface area contributed by atoms with Crippen LogP contribution in [0.3, 0.4) is 0 Å². The molecule has 0 unspecified atom stereocenters. The summed E-state index contributed by atoms with van der Waals surface area (Å²) in [5.41, 5.74) is 0. The van der Waals surface area contributed by atoms with Crippen LogP contribution in [0.4, 0.5) is 0 Å². The van der Waals surface area contributed by atoms with Gasteiger partial charge >= 0.3 is 0 Å². The first-order chi connectivity index (χ1) is 11.1. The maximum atomic E-state index is 12.7. The van der Waals surface area contributed by atoms with Crippen LogP contribution in [-0.4, -0.2) is 33.6 Å². The highest BCUT2D eigenvalue weighted by Crippen LogP contribution is 2.21. The Bertz CT molecular complexity index is 612. The summed E-state index contributed by atoms with van der Waals surface area (Å²) in [6.07, 6.45) is 8.25. The largest absolute Gasteiger partial charge is 0.331 e. The van der Waals surface area contributed by atoms with E-state index in [0.29, 0.717) is 16.0 Å². The van der Waals surface area contributed by atoms with Crippen LogP contribution in [0.25, 0.3) is 0 Å². The molecule has 1 aromatic carbocycles. The lowest BCUT2D eigenvalue weighted by Gasteiger charge is -2.39. The van der Waals surface area contributed by atoms with Gasteiger partial charge in [0.05, 0.1) is 24.0 Å². The van der Waals surface area contributed by atoms with Crippen molar-refractivity contribution in [2.75, 3.05) is 13.1 Å². The van der Waals surface area contributed by atoms with Gasteiger partial charge in [-0.2, -0.15) is 0 Å². The highest BCUT2D eigenvalue weighted by molar-refractivity contribution is 7.89. The molecule has 0 bridgehead atoms. The number of nitrogens with one attached hydrogen (secondary N) is 2. The Morgan fingerprint density at radius 1 is 0.957 bits per heavy atom. The van der Waals surface area contributed by atoms with Crippen LogP contribution in [-0.2, 0) is 10.0 Å². The zero-order valence-electron chi connectivity index (χ0n) is 13.4. The number of rotatable bonds is 4. The molecular formula is C17H26ClN2O2S+. The molecule has 0 aromatic heterocycles. The summed E-state index contributed by atoms with van der Waals surface area (Å²) in [6.45, 7) is 2.37. The van der Waals surface area contributed by atoms with Crippen molar-refractivity contribution in [2.24, 2.45) is 0 Å². The van der Waals surface area contributed by atoms with E-state index < -0.39 is 10.0 Å². The number of halogens is 1. The molecule has 1 saturated carbocycles. The Balaban J connectivity index is 1.74. The zero-order chi connectivity index (χ0) is 16.3. The lowest BCUT2D eigenvalue weighted by molar-refractivity contribution is -0.932. The van der Waals surface area contributed by atoms with Crippen LogP contribution in [0.15, 0.2) is 29.2 Å².